The lowest BCUT2D eigenvalue weighted by molar-refractivity contribution is -0.384. The van der Waals surface area contributed by atoms with Crippen molar-refractivity contribution in [2.45, 2.75) is 6.92 Å². The van der Waals surface area contributed by atoms with E-state index in [1.54, 1.807) is 25.1 Å². The van der Waals surface area contributed by atoms with Crippen LogP contribution in [0.5, 0.6) is 17.2 Å². The number of barbiturate groups is 1. The molecule has 198 valence electrons. The Balaban J connectivity index is 1.63. The van der Waals surface area contributed by atoms with Crippen LogP contribution in [0, 0.1) is 10.1 Å². The van der Waals surface area contributed by atoms with Crippen LogP contribution < -0.4 is 24.4 Å². The van der Waals surface area contributed by atoms with E-state index in [1.165, 1.54) is 61.7 Å². The molecule has 0 bridgehead atoms. The average molecular weight is 531 g/mol. The van der Waals surface area contributed by atoms with Crippen LogP contribution in [0.15, 0.2) is 72.3 Å². The molecular formula is C27H21N3O9. The lowest BCUT2D eigenvalue weighted by atomic mass is 10.1. The van der Waals surface area contributed by atoms with Gasteiger partial charge in [-0.05, 0) is 55.0 Å². The number of para-hydroxylation sites is 2. The number of nitrogens with one attached hydrogen (secondary N) is 1. The van der Waals surface area contributed by atoms with Crippen LogP contribution in [0.2, 0.25) is 0 Å². The fraction of sp³-hybridized carbons (Fsp3) is 0.111. The third kappa shape index (κ3) is 5.59. The van der Waals surface area contributed by atoms with E-state index >= 15 is 0 Å². The summed E-state index contributed by atoms with van der Waals surface area (Å²) in [6.07, 6.45) is 1.27. The highest BCUT2D eigenvalue weighted by atomic mass is 16.6. The minimum atomic E-state index is -0.921. The number of non-ortho nitro benzene ring substituents is 1. The van der Waals surface area contributed by atoms with Gasteiger partial charge in [0.05, 0.1) is 29.9 Å². The third-order valence-corrected chi connectivity index (χ3v) is 5.52. The highest BCUT2D eigenvalue weighted by Crippen LogP contribution is 2.33. The van der Waals surface area contributed by atoms with Crippen molar-refractivity contribution >= 4 is 41.3 Å². The number of hydrogen-bond donors (Lipinski definition) is 1. The summed E-state index contributed by atoms with van der Waals surface area (Å²) in [5, 5.41) is 13.0. The second-order valence-electron chi connectivity index (χ2n) is 7.96. The Labute approximate surface area is 221 Å². The molecule has 0 radical (unpaired) electrons. The van der Waals surface area contributed by atoms with Crippen LogP contribution in [0.4, 0.5) is 16.2 Å². The van der Waals surface area contributed by atoms with Crippen LogP contribution in [0.1, 0.15) is 22.8 Å². The summed E-state index contributed by atoms with van der Waals surface area (Å²) < 4.78 is 16.2. The van der Waals surface area contributed by atoms with E-state index in [1.807, 2.05) is 0 Å². The first-order chi connectivity index (χ1) is 18.7. The van der Waals surface area contributed by atoms with Gasteiger partial charge in [-0.3, -0.25) is 25.0 Å². The molecule has 0 aliphatic carbocycles. The number of nitro groups is 1. The third-order valence-electron chi connectivity index (χ3n) is 5.52. The molecule has 4 rings (SSSR count). The molecule has 3 aromatic rings. The molecular weight excluding hydrogens is 510 g/mol. The van der Waals surface area contributed by atoms with Gasteiger partial charge in [0.15, 0.2) is 11.5 Å². The normalized spacial score (nSPS) is 14.2. The monoisotopic (exact) mass is 531 g/mol. The molecule has 1 heterocycles. The van der Waals surface area contributed by atoms with E-state index in [-0.39, 0.29) is 46.4 Å². The highest BCUT2D eigenvalue weighted by Gasteiger charge is 2.38. The van der Waals surface area contributed by atoms with Crippen molar-refractivity contribution in [3.8, 4) is 17.2 Å². The van der Waals surface area contributed by atoms with Crippen LogP contribution >= 0.6 is 0 Å². The molecule has 1 fully saturated rings. The van der Waals surface area contributed by atoms with E-state index in [0.29, 0.717) is 5.56 Å². The van der Waals surface area contributed by atoms with E-state index in [9.17, 15) is 29.3 Å². The van der Waals surface area contributed by atoms with Gasteiger partial charge in [-0.25, -0.2) is 14.5 Å². The first-order valence-corrected chi connectivity index (χ1v) is 11.5. The van der Waals surface area contributed by atoms with Crippen molar-refractivity contribution in [1.29, 1.82) is 0 Å². The van der Waals surface area contributed by atoms with Gasteiger partial charge in [0, 0.05) is 12.1 Å². The van der Waals surface area contributed by atoms with E-state index in [4.69, 9.17) is 14.2 Å². The number of esters is 1. The Hall–Kier alpha value is -5.52. The molecule has 1 saturated heterocycles. The fourth-order valence-electron chi connectivity index (χ4n) is 3.70. The zero-order valence-electron chi connectivity index (χ0n) is 20.7. The number of ether oxygens (including phenoxy) is 3. The van der Waals surface area contributed by atoms with Crippen LogP contribution in [-0.4, -0.2) is 42.5 Å². The average Bonchev–Trinajstić information content (AvgIpc) is 2.92. The summed E-state index contributed by atoms with van der Waals surface area (Å²) in [4.78, 5) is 62.0. The van der Waals surface area contributed by atoms with Gasteiger partial charge < -0.3 is 14.2 Å². The Kier molecular flexibility index (Phi) is 7.66. The lowest BCUT2D eigenvalue weighted by Crippen LogP contribution is -2.54. The summed E-state index contributed by atoms with van der Waals surface area (Å²) in [5.41, 5.74) is 0.0930. The Morgan fingerprint density at radius 3 is 2.38 bits per heavy atom. The number of urea groups is 1. The number of anilines is 1. The predicted octanol–water partition coefficient (Wildman–Crippen LogP) is 3.89. The number of carbonyl (C=O) groups is 4. The summed E-state index contributed by atoms with van der Waals surface area (Å²) >= 11 is 0. The molecule has 4 amide bonds. The quantitative estimate of drug-likeness (QED) is 0.114. The Morgan fingerprint density at radius 1 is 1.00 bits per heavy atom. The number of methoxy groups -OCH3 is 1. The maximum Gasteiger partial charge on any atom is 0.343 e. The second kappa shape index (κ2) is 11.3. The molecule has 1 aliphatic rings. The molecule has 12 nitrogen and oxygen atoms in total. The zero-order valence-corrected chi connectivity index (χ0v) is 20.7. The Morgan fingerprint density at radius 2 is 1.72 bits per heavy atom. The van der Waals surface area contributed by atoms with Crippen LogP contribution in [0.25, 0.3) is 6.08 Å². The highest BCUT2D eigenvalue weighted by molar-refractivity contribution is 6.39. The van der Waals surface area contributed by atoms with Gasteiger partial charge in [-0.15, -0.1) is 0 Å². The fourth-order valence-corrected chi connectivity index (χ4v) is 3.70. The van der Waals surface area contributed by atoms with E-state index < -0.39 is 28.7 Å². The molecule has 0 atom stereocenters. The first-order valence-electron chi connectivity index (χ1n) is 11.5. The standard InChI is InChI=1S/C27H21N3O9/c1-3-38-23-15-16(8-13-22(23)39-26(33)17-9-11-18(12-10-17)30(35)36)14-19-24(31)28-27(34)29(25(19)32)20-6-4-5-7-21(20)37-2/h4-15H,3H2,1-2H3,(H,28,31,34)/b19-14+. The van der Waals surface area contributed by atoms with Crippen molar-refractivity contribution in [2.24, 2.45) is 0 Å². The smallest absolute Gasteiger partial charge is 0.343 e. The molecule has 1 N–H and O–H groups in total. The largest absolute Gasteiger partial charge is 0.495 e. The number of benzene rings is 3. The van der Waals surface area contributed by atoms with Gasteiger partial charge in [-0.2, -0.15) is 0 Å². The SMILES string of the molecule is CCOc1cc(/C=C2\C(=O)NC(=O)N(c3ccccc3OC)C2=O)ccc1OC(=O)c1ccc([N+](=O)[O-])cc1. The van der Waals surface area contributed by atoms with Crippen molar-refractivity contribution in [3.63, 3.8) is 0 Å². The van der Waals surface area contributed by atoms with Crippen LogP contribution in [-0.2, 0) is 9.59 Å². The molecule has 12 heteroatoms. The predicted molar refractivity (Wildman–Crippen MR) is 138 cm³/mol. The number of amides is 4. The van der Waals surface area contributed by atoms with Crippen molar-refractivity contribution in [2.75, 3.05) is 18.6 Å². The lowest BCUT2D eigenvalue weighted by Gasteiger charge is -2.27. The zero-order chi connectivity index (χ0) is 28.1. The van der Waals surface area contributed by atoms with Crippen LogP contribution in [0.3, 0.4) is 0 Å². The number of nitrogens with zero attached hydrogens (tertiary/aromatic N) is 2. The van der Waals surface area contributed by atoms with E-state index in [0.717, 1.165) is 4.90 Å². The Bertz CT molecular complexity index is 1510. The maximum atomic E-state index is 13.2. The van der Waals surface area contributed by atoms with Gasteiger partial charge in [0.25, 0.3) is 17.5 Å². The van der Waals surface area contributed by atoms with Gasteiger partial charge >= 0.3 is 12.0 Å². The van der Waals surface area contributed by atoms with Crippen molar-refractivity contribution < 1.29 is 38.3 Å². The summed E-state index contributed by atoms with van der Waals surface area (Å²) in [6, 6.07) is 14.7. The summed E-state index contributed by atoms with van der Waals surface area (Å²) in [7, 11) is 1.39. The summed E-state index contributed by atoms with van der Waals surface area (Å²) in [6.45, 7) is 1.92. The molecule has 0 aromatic heterocycles. The number of hydrogen-bond acceptors (Lipinski definition) is 9. The van der Waals surface area contributed by atoms with Crippen molar-refractivity contribution in [3.05, 3.63) is 93.5 Å². The minimum Gasteiger partial charge on any atom is -0.495 e. The maximum absolute atomic E-state index is 13.2. The molecule has 1 aliphatic heterocycles. The number of rotatable bonds is 8. The molecule has 0 saturated carbocycles. The molecule has 3 aromatic carbocycles. The van der Waals surface area contributed by atoms with Crippen molar-refractivity contribution in [1.82, 2.24) is 5.32 Å². The molecule has 0 unspecified atom stereocenters. The first kappa shape index (κ1) is 26.5. The summed E-state index contributed by atoms with van der Waals surface area (Å²) in [5.74, 6) is -2.07. The number of nitro benzene ring substituents is 1. The topological polar surface area (TPSA) is 154 Å². The number of imide groups is 2. The van der Waals surface area contributed by atoms with Gasteiger partial charge in [-0.1, -0.05) is 18.2 Å². The molecule has 39 heavy (non-hydrogen) atoms. The number of carbonyl (C=O) groups excluding carboxylic acids is 4. The van der Waals surface area contributed by atoms with Gasteiger partial charge in [0.1, 0.15) is 11.3 Å². The van der Waals surface area contributed by atoms with E-state index in [2.05, 4.69) is 5.32 Å². The van der Waals surface area contributed by atoms with Gasteiger partial charge in [0.2, 0.25) is 0 Å². The minimum absolute atomic E-state index is 0.0487. The second-order valence-corrected chi connectivity index (χ2v) is 7.96. The molecule has 0 spiro atoms.